The minimum Gasteiger partial charge on any atom is -1.00 e. The highest BCUT2D eigenvalue weighted by Crippen LogP contribution is 2.12. The molecule has 0 heterocycles. The van der Waals surface area contributed by atoms with Gasteiger partial charge in [0, 0.05) is 5.56 Å². The van der Waals surface area contributed by atoms with E-state index in [4.69, 9.17) is 0 Å². The molecule has 0 N–H and O–H groups in total. The Bertz CT molecular complexity index is 308. The Kier molecular flexibility index (Phi) is 13.3. The molecule has 1 aromatic rings. The van der Waals surface area contributed by atoms with E-state index < -0.39 is 0 Å². The molecule has 0 saturated carbocycles. The Hall–Kier alpha value is -0.530. The van der Waals surface area contributed by atoms with Gasteiger partial charge in [0.25, 0.3) is 0 Å². The van der Waals surface area contributed by atoms with Gasteiger partial charge in [-0.2, -0.15) is 0 Å². The first-order chi connectivity index (χ1) is 8.64. The molecule has 0 fully saturated rings. The Labute approximate surface area is 133 Å². The molecule has 0 aliphatic carbocycles. The lowest BCUT2D eigenvalue weighted by atomic mass is 10.1. The second-order valence-electron chi connectivity index (χ2n) is 6.07. The van der Waals surface area contributed by atoms with Crippen molar-refractivity contribution in [1.29, 1.82) is 0 Å². The summed E-state index contributed by atoms with van der Waals surface area (Å²) in [5, 5.41) is 0. The summed E-state index contributed by atoms with van der Waals surface area (Å²) in [5.74, 6) is 0. The molecule has 1 nitrogen and oxygen atoms in total. The number of rotatable bonds is 9. The maximum absolute atomic E-state index is 2.35. The van der Waals surface area contributed by atoms with E-state index in [-0.39, 0.29) is 19.8 Å². The van der Waals surface area contributed by atoms with Gasteiger partial charge in [-0.15, -0.1) is 0 Å². The SMILES string of the molecule is C.CCCCCCCC[N+](C)(C)Cc1ccccc1.[Cl-]. The number of benzene rings is 1. The van der Waals surface area contributed by atoms with Crippen LogP contribution in [0, 0.1) is 0 Å². The van der Waals surface area contributed by atoms with Crippen LogP contribution in [0.15, 0.2) is 30.3 Å². The van der Waals surface area contributed by atoms with E-state index in [1.54, 1.807) is 0 Å². The third-order valence-corrected chi connectivity index (χ3v) is 3.57. The zero-order chi connectivity index (χ0) is 13.3. The molecule has 1 rings (SSSR count). The number of unbranched alkanes of at least 4 members (excludes halogenated alkanes) is 5. The fourth-order valence-electron chi connectivity index (χ4n) is 2.48. The Balaban J connectivity index is 0. The van der Waals surface area contributed by atoms with Gasteiger partial charge in [0.1, 0.15) is 6.54 Å². The lowest BCUT2D eigenvalue weighted by Crippen LogP contribution is -3.00. The molecular weight excluding hydrogens is 266 g/mol. The lowest BCUT2D eigenvalue weighted by molar-refractivity contribution is -0.903. The second kappa shape index (κ2) is 12.2. The first kappa shape index (κ1) is 21.8. The van der Waals surface area contributed by atoms with Crippen LogP contribution in [-0.4, -0.2) is 25.1 Å². The summed E-state index contributed by atoms with van der Waals surface area (Å²) in [6.45, 7) is 4.72. The highest BCUT2D eigenvalue weighted by Gasteiger charge is 2.14. The van der Waals surface area contributed by atoms with E-state index in [9.17, 15) is 0 Å². The molecule has 0 aliphatic heterocycles. The molecule has 0 atom stereocenters. The average molecular weight is 300 g/mol. The smallest absolute Gasteiger partial charge is 0.104 e. The Morgan fingerprint density at radius 1 is 0.850 bits per heavy atom. The summed E-state index contributed by atoms with van der Waals surface area (Å²) < 4.78 is 1.11. The maximum Gasteiger partial charge on any atom is 0.104 e. The summed E-state index contributed by atoms with van der Waals surface area (Å²) in [5.41, 5.74) is 1.45. The molecule has 0 saturated heterocycles. The highest BCUT2D eigenvalue weighted by molar-refractivity contribution is 5.13. The molecule has 0 unspecified atom stereocenters. The van der Waals surface area contributed by atoms with Gasteiger partial charge in [0.2, 0.25) is 0 Å². The Morgan fingerprint density at radius 3 is 2.00 bits per heavy atom. The van der Waals surface area contributed by atoms with Gasteiger partial charge < -0.3 is 16.9 Å². The summed E-state index contributed by atoms with van der Waals surface area (Å²) in [6, 6.07) is 10.8. The van der Waals surface area contributed by atoms with Crippen molar-refractivity contribution in [2.75, 3.05) is 20.6 Å². The lowest BCUT2D eigenvalue weighted by Gasteiger charge is -2.30. The highest BCUT2D eigenvalue weighted by atomic mass is 35.5. The number of quaternary nitrogens is 1. The van der Waals surface area contributed by atoms with Crippen molar-refractivity contribution in [1.82, 2.24) is 0 Å². The molecule has 20 heavy (non-hydrogen) atoms. The summed E-state index contributed by atoms with van der Waals surface area (Å²) in [6.07, 6.45) is 8.35. The van der Waals surface area contributed by atoms with Crippen LogP contribution in [0.25, 0.3) is 0 Å². The van der Waals surface area contributed by atoms with Crippen LogP contribution in [0.5, 0.6) is 0 Å². The normalized spacial score (nSPS) is 10.6. The summed E-state index contributed by atoms with van der Waals surface area (Å²) >= 11 is 0. The standard InChI is InChI=1S/C17H30N.CH4.ClH/c1-4-5-6-7-8-12-15-18(2,3)16-17-13-10-9-11-14-17;;/h9-11,13-14H,4-8,12,15-16H2,1-3H3;1H4;1H/q+1;;/p-1. The molecule has 0 spiro atoms. The van der Waals surface area contributed by atoms with Crippen LogP contribution in [0.2, 0.25) is 0 Å². The van der Waals surface area contributed by atoms with Crippen molar-refractivity contribution >= 4 is 0 Å². The van der Waals surface area contributed by atoms with Crippen molar-refractivity contribution in [3.05, 3.63) is 35.9 Å². The van der Waals surface area contributed by atoms with Crippen molar-refractivity contribution in [2.45, 2.75) is 59.4 Å². The van der Waals surface area contributed by atoms with Crippen LogP contribution in [0.1, 0.15) is 58.4 Å². The third-order valence-electron chi connectivity index (χ3n) is 3.57. The van der Waals surface area contributed by atoms with Crippen LogP contribution < -0.4 is 12.4 Å². The first-order valence-corrected chi connectivity index (χ1v) is 7.50. The molecule has 0 bridgehead atoms. The van der Waals surface area contributed by atoms with E-state index in [0.29, 0.717) is 0 Å². The van der Waals surface area contributed by atoms with E-state index in [1.807, 2.05) is 0 Å². The molecule has 0 radical (unpaired) electrons. The molecule has 0 aromatic heterocycles. The number of halogens is 1. The maximum atomic E-state index is 2.35. The fraction of sp³-hybridized carbons (Fsp3) is 0.667. The van der Waals surface area contributed by atoms with Crippen LogP contribution in [0.3, 0.4) is 0 Å². The molecule has 0 aliphatic rings. The van der Waals surface area contributed by atoms with E-state index in [0.717, 1.165) is 11.0 Å². The van der Waals surface area contributed by atoms with Gasteiger partial charge in [0.15, 0.2) is 0 Å². The van der Waals surface area contributed by atoms with Gasteiger partial charge in [-0.3, -0.25) is 0 Å². The van der Waals surface area contributed by atoms with Crippen LogP contribution in [0.4, 0.5) is 0 Å². The van der Waals surface area contributed by atoms with Gasteiger partial charge in [-0.1, -0.05) is 70.4 Å². The zero-order valence-electron chi connectivity index (χ0n) is 12.9. The minimum absolute atomic E-state index is 0. The monoisotopic (exact) mass is 299 g/mol. The van der Waals surface area contributed by atoms with Crippen LogP contribution in [-0.2, 0) is 6.54 Å². The molecule has 0 amide bonds. The predicted molar refractivity (Wildman–Crippen MR) is 87.2 cm³/mol. The van der Waals surface area contributed by atoms with Crippen LogP contribution >= 0.6 is 0 Å². The predicted octanol–water partition coefficient (Wildman–Crippen LogP) is 2.26. The number of nitrogens with zero attached hydrogens (tertiary/aromatic N) is 1. The number of hydrogen-bond donors (Lipinski definition) is 0. The van der Waals surface area contributed by atoms with Crippen molar-refractivity contribution in [2.24, 2.45) is 0 Å². The summed E-state index contributed by atoms with van der Waals surface area (Å²) in [4.78, 5) is 0. The second-order valence-corrected chi connectivity index (χ2v) is 6.07. The number of hydrogen-bond acceptors (Lipinski definition) is 0. The van der Waals surface area contributed by atoms with Gasteiger partial charge in [-0.05, 0) is 12.8 Å². The average Bonchev–Trinajstić information content (AvgIpc) is 2.34. The van der Waals surface area contributed by atoms with Gasteiger partial charge in [-0.25, -0.2) is 0 Å². The topological polar surface area (TPSA) is 0 Å². The van der Waals surface area contributed by atoms with E-state index in [1.165, 1.54) is 50.6 Å². The van der Waals surface area contributed by atoms with E-state index >= 15 is 0 Å². The zero-order valence-corrected chi connectivity index (χ0v) is 13.6. The van der Waals surface area contributed by atoms with Crippen molar-refractivity contribution in [3.8, 4) is 0 Å². The largest absolute Gasteiger partial charge is 1.00 e. The summed E-state index contributed by atoms with van der Waals surface area (Å²) in [7, 11) is 4.69. The first-order valence-electron chi connectivity index (χ1n) is 7.50. The molecule has 118 valence electrons. The quantitative estimate of drug-likeness (QED) is 0.485. The molecule has 1 aromatic carbocycles. The van der Waals surface area contributed by atoms with E-state index in [2.05, 4.69) is 51.4 Å². The van der Waals surface area contributed by atoms with Crippen molar-refractivity contribution < 1.29 is 16.9 Å². The third kappa shape index (κ3) is 10.3. The fourth-order valence-corrected chi connectivity index (χ4v) is 2.48. The molecular formula is C18H34ClN. The van der Waals surface area contributed by atoms with Crippen molar-refractivity contribution in [3.63, 3.8) is 0 Å². The molecule has 2 heteroatoms. The Morgan fingerprint density at radius 2 is 1.40 bits per heavy atom. The van der Waals surface area contributed by atoms with Gasteiger partial charge in [0.05, 0.1) is 20.6 Å². The van der Waals surface area contributed by atoms with Gasteiger partial charge >= 0.3 is 0 Å². The minimum atomic E-state index is 0.